The second kappa shape index (κ2) is 7.03. The van der Waals surface area contributed by atoms with Gasteiger partial charge in [-0.2, -0.15) is 0 Å². The predicted molar refractivity (Wildman–Crippen MR) is 83.9 cm³/mol. The topological polar surface area (TPSA) is 123 Å². The summed E-state index contributed by atoms with van der Waals surface area (Å²) in [4.78, 5) is 0. The number of hydrogen-bond acceptors (Lipinski definition) is 8. The minimum atomic E-state index is -0.818. The quantitative estimate of drug-likeness (QED) is 0.365. The van der Waals surface area contributed by atoms with E-state index in [0.29, 0.717) is 0 Å². The third kappa shape index (κ3) is 3.19. The average molecular weight is 340 g/mol. The van der Waals surface area contributed by atoms with E-state index in [2.05, 4.69) is 10.6 Å². The molecule has 0 aromatic heterocycles. The standard InChI is InChI=1S/C16H24N2O6/c19-5-15(6-20)9-23-13(17-15)11-1-2-12(4-3-11)14-18-16(7-21,8-22)10-24-14/h1-4,13-14,17-22H,5-10H2. The zero-order valence-electron chi connectivity index (χ0n) is 13.3. The number of ether oxygens (including phenoxy) is 2. The van der Waals surface area contributed by atoms with E-state index in [0.717, 1.165) is 11.1 Å². The number of rotatable bonds is 6. The molecule has 0 aliphatic carbocycles. The van der Waals surface area contributed by atoms with Crippen LogP contribution in [0.4, 0.5) is 0 Å². The van der Waals surface area contributed by atoms with E-state index in [-0.39, 0.29) is 39.6 Å². The minimum absolute atomic E-state index is 0.206. The Bertz CT molecular complexity index is 495. The first kappa shape index (κ1) is 17.7. The Hall–Kier alpha value is -1.10. The van der Waals surface area contributed by atoms with Crippen LogP contribution < -0.4 is 10.6 Å². The van der Waals surface area contributed by atoms with E-state index in [4.69, 9.17) is 9.47 Å². The summed E-state index contributed by atoms with van der Waals surface area (Å²) < 4.78 is 11.3. The van der Waals surface area contributed by atoms with Crippen LogP contribution in [0.1, 0.15) is 23.6 Å². The molecule has 2 saturated heterocycles. The van der Waals surface area contributed by atoms with Crippen molar-refractivity contribution in [2.75, 3.05) is 39.6 Å². The second-order valence-electron chi connectivity index (χ2n) is 6.53. The molecule has 2 unspecified atom stereocenters. The SMILES string of the molecule is OCC1(CO)COC(c2ccc(C3NC(CO)(CO)CO3)cc2)N1. The van der Waals surface area contributed by atoms with Gasteiger partial charge in [-0.15, -0.1) is 0 Å². The number of hydrogen-bond donors (Lipinski definition) is 6. The lowest BCUT2D eigenvalue weighted by Gasteiger charge is -2.24. The number of aliphatic hydroxyl groups is 4. The fourth-order valence-corrected chi connectivity index (χ4v) is 2.88. The van der Waals surface area contributed by atoms with Gasteiger partial charge in [0.1, 0.15) is 12.5 Å². The molecule has 8 nitrogen and oxygen atoms in total. The van der Waals surface area contributed by atoms with Gasteiger partial charge in [-0.05, 0) is 11.1 Å². The van der Waals surface area contributed by atoms with E-state index in [1.54, 1.807) is 0 Å². The minimum Gasteiger partial charge on any atom is -0.394 e. The number of benzene rings is 1. The monoisotopic (exact) mass is 340 g/mol. The first-order valence-corrected chi connectivity index (χ1v) is 7.91. The molecule has 2 heterocycles. The largest absolute Gasteiger partial charge is 0.394 e. The van der Waals surface area contributed by atoms with Crippen molar-refractivity contribution in [2.24, 2.45) is 0 Å². The van der Waals surface area contributed by atoms with E-state index in [9.17, 15) is 20.4 Å². The number of aliphatic hydroxyl groups excluding tert-OH is 4. The Morgan fingerprint density at radius 2 is 1.08 bits per heavy atom. The lowest BCUT2D eigenvalue weighted by molar-refractivity contribution is 0.0748. The van der Waals surface area contributed by atoms with Crippen LogP contribution in [0.3, 0.4) is 0 Å². The van der Waals surface area contributed by atoms with E-state index >= 15 is 0 Å². The van der Waals surface area contributed by atoms with Gasteiger partial charge in [0.2, 0.25) is 0 Å². The molecule has 3 rings (SSSR count). The third-order valence-corrected chi connectivity index (χ3v) is 4.68. The van der Waals surface area contributed by atoms with Gasteiger partial charge in [-0.1, -0.05) is 24.3 Å². The maximum absolute atomic E-state index is 9.40. The molecule has 1 aromatic rings. The summed E-state index contributed by atoms with van der Waals surface area (Å²) >= 11 is 0. The van der Waals surface area contributed by atoms with Crippen molar-refractivity contribution in [2.45, 2.75) is 23.5 Å². The van der Waals surface area contributed by atoms with Crippen LogP contribution in [0.5, 0.6) is 0 Å². The molecule has 0 amide bonds. The molecule has 1 aromatic carbocycles. The predicted octanol–water partition coefficient (Wildman–Crippen LogP) is -1.63. The lowest BCUT2D eigenvalue weighted by atomic mass is 10.0. The molecule has 2 fully saturated rings. The van der Waals surface area contributed by atoms with Gasteiger partial charge in [-0.25, -0.2) is 0 Å². The molecule has 0 spiro atoms. The van der Waals surface area contributed by atoms with E-state index in [1.807, 2.05) is 24.3 Å². The van der Waals surface area contributed by atoms with Crippen LogP contribution in [-0.2, 0) is 9.47 Å². The molecule has 8 heteroatoms. The Balaban J connectivity index is 1.67. The van der Waals surface area contributed by atoms with Crippen LogP contribution in [0.2, 0.25) is 0 Å². The van der Waals surface area contributed by atoms with Gasteiger partial charge in [-0.3, -0.25) is 10.6 Å². The van der Waals surface area contributed by atoms with Crippen LogP contribution >= 0.6 is 0 Å². The summed E-state index contributed by atoms with van der Waals surface area (Å²) in [6.07, 6.45) is -0.797. The molecule has 2 aliphatic rings. The lowest BCUT2D eigenvalue weighted by Crippen LogP contribution is -2.50. The Kier molecular flexibility index (Phi) is 5.19. The highest BCUT2D eigenvalue weighted by Gasteiger charge is 2.40. The van der Waals surface area contributed by atoms with Gasteiger partial charge in [0.15, 0.2) is 0 Å². The second-order valence-corrected chi connectivity index (χ2v) is 6.53. The summed E-state index contributed by atoms with van der Waals surface area (Å²) in [6.45, 7) is -0.361. The highest BCUT2D eigenvalue weighted by molar-refractivity contribution is 5.27. The van der Waals surface area contributed by atoms with E-state index < -0.39 is 23.5 Å². The maximum atomic E-state index is 9.40. The summed E-state index contributed by atoms with van der Waals surface area (Å²) in [5.74, 6) is 0. The van der Waals surface area contributed by atoms with Gasteiger partial charge in [0, 0.05) is 0 Å². The van der Waals surface area contributed by atoms with Gasteiger partial charge < -0.3 is 29.9 Å². The molecular weight excluding hydrogens is 316 g/mol. The molecule has 0 saturated carbocycles. The van der Waals surface area contributed by atoms with Crippen molar-refractivity contribution in [1.82, 2.24) is 10.6 Å². The molecule has 6 N–H and O–H groups in total. The summed E-state index contributed by atoms with van der Waals surface area (Å²) in [7, 11) is 0. The first-order chi connectivity index (χ1) is 11.6. The summed E-state index contributed by atoms with van der Waals surface area (Å²) in [6, 6.07) is 7.50. The fraction of sp³-hybridized carbons (Fsp3) is 0.625. The molecule has 2 atom stereocenters. The normalized spacial score (nSPS) is 28.3. The maximum Gasteiger partial charge on any atom is 0.135 e. The van der Waals surface area contributed by atoms with Crippen LogP contribution in [0.25, 0.3) is 0 Å². The average Bonchev–Trinajstić information content (AvgIpc) is 3.28. The summed E-state index contributed by atoms with van der Waals surface area (Å²) in [5.41, 5.74) is 0.106. The van der Waals surface area contributed by atoms with Crippen LogP contribution in [0, 0.1) is 0 Å². The van der Waals surface area contributed by atoms with Crippen molar-refractivity contribution >= 4 is 0 Å². The van der Waals surface area contributed by atoms with Crippen LogP contribution in [-0.4, -0.2) is 71.1 Å². The zero-order valence-corrected chi connectivity index (χ0v) is 13.3. The van der Waals surface area contributed by atoms with Gasteiger partial charge in [0.05, 0.1) is 50.7 Å². The molecule has 134 valence electrons. The number of nitrogens with one attached hydrogen (secondary N) is 2. The summed E-state index contributed by atoms with van der Waals surface area (Å²) in [5, 5.41) is 43.8. The van der Waals surface area contributed by atoms with E-state index in [1.165, 1.54) is 0 Å². The van der Waals surface area contributed by atoms with Crippen molar-refractivity contribution in [3.63, 3.8) is 0 Å². The highest BCUT2D eigenvalue weighted by Crippen LogP contribution is 2.29. The van der Waals surface area contributed by atoms with Gasteiger partial charge >= 0.3 is 0 Å². The molecule has 24 heavy (non-hydrogen) atoms. The molecular formula is C16H24N2O6. The van der Waals surface area contributed by atoms with Crippen LogP contribution in [0.15, 0.2) is 24.3 Å². The highest BCUT2D eigenvalue weighted by atomic mass is 16.5. The van der Waals surface area contributed by atoms with Crippen molar-refractivity contribution < 1.29 is 29.9 Å². The zero-order chi connectivity index (χ0) is 17.2. The molecule has 2 aliphatic heterocycles. The smallest absolute Gasteiger partial charge is 0.135 e. The molecule has 0 radical (unpaired) electrons. The Morgan fingerprint density at radius 1 is 0.750 bits per heavy atom. The molecule has 0 bridgehead atoms. The third-order valence-electron chi connectivity index (χ3n) is 4.68. The van der Waals surface area contributed by atoms with Crippen molar-refractivity contribution in [1.29, 1.82) is 0 Å². The Labute approximate surface area is 140 Å². The first-order valence-electron chi connectivity index (χ1n) is 7.91. The fourth-order valence-electron chi connectivity index (χ4n) is 2.88. The van der Waals surface area contributed by atoms with Gasteiger partial charge in [0.25, 0.3) is 0 Å². The van der Waals surface area contributed by atoms with Crippen molar-refractivity contribution in [3.05, 3.63) is 35.4 Å². The Morgan fingerprint density at radius 3 is 1.33 bits per heavy atom. The van der Waals surface area contributed by atoms with Crippen molar-refractivity contribution in [3.8, 4) is 0 Å².